The van der Waals surface area contributed by atoms with Gasteiger partial charge < -0.3 is 0 Å². The lowest BCUT2D eigenvalue weighted by Gasteiger charge is -2.35. The van der Waals surface area contributed by atoms with Crippen LogP contribution in [-0.4, -0.2) is 0 Å². The van der Waals surface area contributed by atoms with Gasteiger partial charge in [0.1, 0.15) is 0 Å². The summed E-state index contributed by atoms with van der Waals surface area (Å²) >= 11 is 0. The average molecular weight is 212 g/mol. The monoisotopic (exact) mass is 212 g/mol. The second-order valence-electron chi connectivity index (χ2n) is 5.41. The zero-order valence-corrected chi connectivity index (χ0v) is 10.1. The van der Waals surface area contributed by atoms with Gasteiger partial charge >= 0.3 is 0 Å². The molecule has 15 heavy (non-hydrogen) atoms. The molecule has 2 saturated carbocycles. The molecule has 0 amide bonds. The van der Waals surface area contributed by atoms with Gasteiger partial charge in [-0.3, -0.25) is 0 Å². The van der Waals surface area contributed by atoms with Gasteiger partial charge in [0.2, 0.25) is 0 Å². The van der Waals surface area contributed by atoms with Crippen LogP contribution in [0, 0.1) is 17.8 Å². The second kappa shape index (κ2) is 5.92. The van der Waals surface area contributed by atoms with Crippen molar-refractivity contribution >= 4 is 0 Å². The van der Waals surface area contributed by atoms with Crippen molar-refractivity contribution < 1.29 is 5.48 Å². The standard InChI is InChI=1S/C15H28/c1-2-6-13-9-11-15(12-10-13)14-7-4-3-5-8-14/h13-15H,2-12H2,1H3/t13-,15-/i4D2,5D2. The predicted molar refractivity (Wildman–Crippen MR) is 66.9 cm³/mol. The molecule has 0 aliphatic heterocycles. The molecule has 0 aromatic carbocycles. The molecule has 2 fully saturated rings. The molecule has 2 rings (SSSR count). The van der Waals surface area contributed by atoms with E-state index < -0.39 is 12.7 Å². The van der Waals surface area contributed by atoms with Crippen LogP contribution < -0.4 is 0 Å². The van der Waals surface area contributed by atoms with Crippen LogP contribution in [0.1, 0.15) is 82.9 Å². The van der Waals surface area contributed by atoms with Gasteiger partial charge in [-0.2, -0.15) is 0 Å². The van der Waals surface area contributed by atoms with E-state index in [0.29, 0.717) is 18.8 Å². The Balaban J connectivity index is 1.92. The zero-order valence-electron chi connectivity index (χ0n) is 14.1. The van der Waals surface area contributed by atoms with Gasteiger partial charge in [0, 0.05) is 5.48 Å². The molecule has 0 aromatic heterocycles. The molecule has 0 aromatic rings. The maximum Gasteiger partial charge on any atom is 0.0267 e. The molecule has 0 radical (unpaired) electrons. The van der Waals surface area contributed by atoms with E-state index in [1.54, 1.807) is 0 Å². The third-order valence-corrected chi connectivity index (χ3v) is 4.32. The SMILES string of the molecule is [2H]C1([2H])CC([C@H]2CC[C@H](CCC)CC2)CC([2H])([2H])C1. The first-order chi connectivity index (χ1) is 8.81. The number of rotatable bonds is 3. The third-order valence-electron chi connectivity index (χ3n) is 4.32. The lowest BCUT2D eigenvalue weighted by Crippen LogP contribution is -2.23. The van der Waals surface area contributed by atoms with Crippen molar-refractivity contribution in [2.75, 3.05) is 0 Å². The van der Waals surface area contributed by atoms with E-state index >= 15 is 0 Å². The fourth-order valence-corrected chi connectivity index (χ4v) is 3.37. The van der Waals surface area contributed by atoms with Crippen molar-refractivity contribution in [3.05, 3.63) is 0 Å². The van der Waals surface area contributed by atoms with Crippen molar-refractivity contribution in [1.29, 1.82) is 0 Å². The summed E-state index contributed by atoms with van der Waals surface area (Å²) in [5, 5.41) is 0. The first kappa shape index (κ1) is 7.35. The zero-order chi connectivity index (χ0) is 14.1. The topological polar surface area (TPSA) is 0 Å². The summed E-state index contributed by atoms with van der Waals surface area (Å²) in [7, 11) is 0. The lowest BCUT2D eigenvalue weighted by molar-refractivity contribution is 0.163. The van der Waals surface area contributed by atoms with Gasteiger partial charge in [-0.15, -0.1) is 0 Å². The van der Waals surface area contributed by atoms with Crippen LogP contribution in [0.2, 0.25) is 0 Å². The molecule has 0 N–H and O–H groups in total. The second-order valence-corrected chi connectivity index (χ2v) is 5.41. The molecule has 2 aliphatic rings. The first-order valence-corrected chi connectivity index (χ1v) is 6.81. The molecule has 2 aliphatic carbocycles. The van der Waals surface area contributed by atoms with Crippen LogP contribution in [0.25, 0.3) is 0 Å². The molecular weight excluding hydrogens is 180 g/mol. The molecule has 0 nitrogen and oxygen atoms in total. The minimum absolute atomic E-state index is 0.0850. The molecule has 0 heterocycles. The smallest absolute Gasteiger partial charge is 0.0267 e. The highest BCUT2D eigenvalue weighted by Gasteiger charge is 2.27. The summed E-state index contributed by atoms with van der Waals surface area (Å²) in [6, 6.07) is 0. The molecule has 88 valence electrons. The van der Waals surface area contributed by atoms with E-state index in [1.165, 1.54) is 38.5 Å². The van der Waals surface area contributed by atoms with Crippen molar-refractivity contribution in [2.24, 2.45) is 17.8 Å². The van der Waals surface area contributed by atoms with E-state index in [4.69, 9.17) is 5.48 Å². The Morgan fingerprint density at radius 3 is 2.13 bits per heavy atom. The predicted octanol–water partition coefficient (Wildman–Crippen LogP) is 5.17. The molecule has 0 atom stereocenters. The summed E-state index contributed by atoms with van der Waals surface area (Å²) in [5.74, 6) is 1.71. The van der Waals surface area contributed by atoms with Crippen LogP contribution in [0.5, 0.6) is 0 Å². The normalized spacial score (nSPS) is 44.9. The van der Waals surface area contributed by atoms with Gasteiger partial charge in [-0.25, -0.2) is 0 Å². The van der Waals surface area contributed by atoms with Gasteiger partial charge in [0.25, 0.3) is 0 Å². The minimum Gasteiger partial charge on any atom is -0.0654 e. The Kier molecular flexibility index (Phi) is 2.90. The number of hydrogen-bond acceptors (Lipinski definition) is 0. The van der Waals surface area contributed by atoms with Crippen LogP contribution in [0.3, 0.4) is 0 Å². The van der Waals surface area contributed by atoms with E-state index in [0.717, 1.165) is 5.92 Å². The van der Waals surface area contributed by atoms with E-state index in [-0.39, 0.29) is 12.3 Å². The Labute approximate surface area is 101 Å². The maximum atomic E-state index is 7.96. The van der Waals surface area contributed by atoms with Crippen molar-refractivity contribution in [2.45, 2.75) is 77.5 Å². The minimum atomic E-state index is -1.30. The van der Waals surface area contributed by atoms with Crippen LogP contribution in [0.4, 0.5) is 0 Å². The summed E-state index contributed by atoms with van der Waals surface area (Å²) in [6.45, 7) is 2.25. The van der Waals surface area contributed by atoms with E-state index in [1.807, 2.05) is 0 Å². The molecule has 0 spiro atoms. The highest BCUT2D eigenvalue weighted by Crippen LogP contribution is 2.40. The molecule has 0 bridgehead atoms. The third kappa shape index (κ3) is 3.23. The van der Waals surface area contributed by atoms with Gasteiger partial charge in [0.05, 0.1) is 0 Å². The Morgan fingerprint density at radius 2 is 1.53 bits per heavy atom. The molecule has 0 heteroatoms. The lowest BCUT2D eigenvalue weighted by atomic mass is 9.70. The molecule has 0 unspecified atom stereocenters. The van der Waals surface area contributed by atoms with Crippen LogP contribution in [0.15, 0.2) is 0 Å². The highest BCUT2D eigenvalue weighted by atomic mass is 14.3. The van der Waals surface area contributed by atoms with Crippen LogP contribution >= 0.6 is 0 Å². The largest absolute Gasteiger partial charge is 0.0654 e. The van der Waals surface area contributed by atoms with E-state index in [9.17, 15) is 0 Å². The van der Waals surface area contributed by atoms with Crippen molar-refractivity contribution in [3.63, 3.8) is 0 Å². The van der Waals surface area contributed by atoms with Gasteiger partial charge in [0.15, 0.2) is 0 Å². The highest BCUT2D eigenvalue weighted by molar-refractivity contribution is 4.79. The Bertz CT molecular complexity index is 277. The maximum absolute atomic E-state index is 7.96. The fourth-order valence-electron chi connectivity index (χ4n) is 3.37. The van der Waals surface area contributed by atoms with E-state index in [2.05, 4.69) is 6.92 Å². The summed E-state index contributed by atoms with van der Waals surface area (Å²) in [4.78, 5) is 0. The Morgan fingerprint density at radius 1 is 0.933 bits per heavy atom. The summed E-state index contributed by atoms with van der Waals surface area (Å²) in [5.41, 5.74) is 0. The first-order valence-electron chi connectivity index (χ1n) is 8.81. The summed E-state index contributed by atoms with van der Waals surface area (Å²) < 4.78 is 31.9. The van der Waals surface area contributed by atoms with Crippen molar-refractivity contribution in [3.8, 4) is 0 Å². The molecule has 0 saturated heterocycles. The summed E-state index contributed by atoms with van der Waals surface area (Å²) in [6.07, 6.45) is 6.19. The quantitative estimate of drug-likeness (QED) is 0.605. The van der Waals surface area contributed by atoms with Gasteiger partial charge in [-0.1, -0.05) is 64.6 Å². The molecular formula is C15H28. The Hall–Kier alpha value is 0. The van der Waals surface area contributed by atoms with Gasteiger partial charge in [-0.05, 0) is 30.6 Å². The average Bonchev–Trinajstić information content (AvgIpc) is 2.26. The van der Waals surface area contributed by atoms with Crippen LogP contribution in [-0.2, 0) is 0 Å². The number of hydrogen-bond donors (Lipinski definition) is 0. The van der Waals surface area contributed by atoms with Crippen molar-refractivity contribution in [1.82, 2.24) is 0 Å². The fraction of sp³-hybridized carbons (Fsp3) is 1.00.